The lowest BCUT2D eigenvalue weighted by Crippen LogP contribution is -1.99. The van der Waals surface area contributed by atoms with Gasteiger partial charge in [-0.1, -0.05) is 23.7 Å². The molecule has 0 radical (unpaired) electrons. The van der Waals surface area contributed by atoms with Crippen molar-refractivity contribution in [2.24, 2.45) is 4.99 Å². The third-order valence-corrected chi connectivity index (χ3v) is 5.54. The van der Waals surface area contributed by atoms with Gasteiger partial charge in [-0.25, -0.2) is 0 Å². The van der Waals surface area contributed by atoms with Crippen LogP contribution in [0, 0.1) is 0 Å². The Kier molecular flexibility index (Phi) is 5.50. The van der Waals surface area contributed by atoms with Gasteiger partial charge in [0.05, 0.1) is 14.0 Å². The first kappa shape index (κ1) is 16.4. The fraction of sp³-hybridized carbons (Fsp3) is 0.188. The maximum atomic E-state index is 5.99. The van der Waals surface area contributed by atoms with Crippen LogP contribution in [-0.2, 0) is 6.61 Å². The second kappa shape index (κ2) is 7.39. The number of rotatable bonds is 4. The molecule has 0 aliphatic carbocycles. The van der Waals surface area contributed by atoms with Crippen molar-refractivity contribution in [1.82, 2.24) is 0 Å². The van der Waals surface area contributed by atoms with Gasteiger partial charge in [-0.15, -0.1) is 11.8 Å². The van der Waals surface area contributed by atoms with Crippen molar-refractivity contribution in [2.75, 3.05) is 12.3 Å². The summed E-state index contributed by atoms with van der Waals surface area (Å²) in [6.45, 7) is 1.36. The van der Waals surface area contributed by atoms with Gasteiger partial charge in [0.25, 0.3) is 0 Å². The van der Waals surface area contributed by atoms with E-state index in [-0.39, 0.29) is 0 Å². The van der Waals surface area contributed by atoms with Crippen molar-refractivity contribution in [2.45, 2.75) is 6.61 Å². The van der Waals surface area contributed by atoms with Crippen molar-refractivity contribution in [3.8, 4) is 5.75 Å². The highest BCUT2D eigenvalue weighted by molar-refractivity contribution is 9.11. The molecule has 22 heavy (non-hydrogen) atoms. The third kappa shape index (κ3) is 3.88. The molecule has 0 amide bonds. The standard InChI is InChI=1S/C16H12Br2ClNOS/c17-13-7-11(16-20-4-5-22-16)8-14(18)15(13)21-9-10-2-1-3-12(19)6-10/h1-3,6-8H,4-5,9H2. The summed E-state index contributed by atoms with van der Waals surface area (Å²) >= 11 is 15.0. The van der Waals surface area contributed by atoms with Crippen molar-refractivity contribution >= 4 is 60.3 Å². The largest absolute Gasteiger partial charge is 0.487 e. The van der Waals surface area contributed by atoms with Crippen molar-refractivity contribution < 1.29 is 4.74 Å². The lowest BCUT2D eigenvalue weighted by atomic mass is 10.2. The molecule has 114 valence electrons. The Balaban J connectivity index is 1.79. The minimum Gasteiger partial charge on any atom is -0.487 e. The Morgan fingerprint density at radius 3 is 2.59 bits per heavy atom. The van der Waals surface area contributed by atoms with Gasteiger partial charge in [0, 0.05) is 22.9 Å². The Labute approximate surface area is 155 Å². The first-order chi connectivity index (χ1) is 10.6. The zero-order chi connectivity index (χ0) is 15.5. The monoisotopic (exact) mass is 459 g/mol. The van der Waals surface area contributed by atoms with Crippen molar-refractivity contribution in [3.05, 3.63) is 61.5 Å². The van der Waals surface area contributed by atoms with Crippen LogP contribution in [0.25, 0.3) is 0 Å². The van der Waals surface area contributed by atoms with Gasteiger partial charge < -0.3 is 4.74 Å². The highest BCUT2D eigenvalue weighted by Gasteiger charge is 2.15. The summed E-state index contributed by atoms with van der Waals surface area (Å²) in [7, 11) is 0. The maximum Gasteiger partial charge on any atom is 0.148 e. The number of thioether (sulfide) groups is 1. The predicted octanol–water partition coefficient (Wildman–Crippen LogP) is 5.94. The average molecular weight is 462 g/mol. The van der Waals surface area contributed by atoms with E-state index >= 15 is 0 Å². The molecule has 0 fully saturated rings. The molecule has 1 aliphatic heterocycles. The van der Waals surface area contributed by atoms with E-state index < -0.39 is 0 Å². The van der Waals surface area contributed by atoms with E-state index in [1.165, 1.54) is 0 Å². The minimum atomic E-state index is 0.465. The number of benzene rings is 2. The molecule has 0 aromatic heterocycles. The van der Waals surface area contributed by atoms with Gasteiger partial charge in [-0.05, 0) is 61.7 Å². The van der Waals surface area contributed by atoms with Gasteiger partial charge >= 0.3 is 0 Å². The Hall–Kier alpha value is -0.490. The highest BCUT2D eigenvalue weighted by Crippen LogP contribution is 2.37. The van der Waals surface area contributed by atoms with E-state index in [0.717, 1.165) is 43.2 Å². The lowest BCUT2D eigenvalue weighted by molar-refractivity contribution is 0.302. The third-order valence-electron chi connectivity index (χ3n) is 3.10. The van der Waals surface area contributed by atoms with Crippen LogP contribution in [0.1, 0.15) is 11.1 Å². The first-order valence-corrected chi connectivity index (χ1v) is 9.62. The van der Waals surface area contributed by atoms with E-state index in [0.29, 0.717) is 11.6 Å². The maximum absolute atomic E-state index is 5.99. The number of hydrogen-bond acceptors (Lipinski definition) is 3. The second-order valence-electron chi connectivity index (χ2n) is 4.72. The Morgan fingerprint density at radius 1 is 1.18 bits per heavy atom. The van der Waals surface area contributed by atoms with Crippen LogP contribution in [0.15, 0.2) is 50.3 Å². The van der Waals surface area contributed by atoms with Crippen molar-refractivity contribution in [1.29, 1.82) is 0 Å². The zero-order valence-electron chi connectivity index (χ0n) is 11.5. The van der Waals surface area contributed by atoms with E-state index in [4.69, 9.17) is 16.3 Å². The highest BCUT2D eigenvalue weighted by atomic mass is 79.9. The van der Waals surface area contributed by atoms with Crippen LogP contribution in [0.4, 0.5) is 0 Å². The Bertz CT molecular complexity index is 713. The van der Waals surface area contributed by atoms with E-state index in [9.17, 15) is 0 Å². The molecule has 1 heterocycles. The summed E-state index contributed by atoms with van der Waals surface area (Å²) in [5.74, 6) is 1.84. The van der Waals surface area contributed by atoms with E-state index in [1.807, 2.05) is 24.3 Å². The van der Waals surface area contributed by atoms with Gasteiger partial charge in [0.1, 0.15) is 12.4 Å². The Morgan fingerprint density at radius 2 is 1.95 bits per heavy atom. The molecule has 0 atom stereocenters. The van der Waals surface area contributed by atoms with Crippen LogP contribution < -0.4 is 4.74 Å². The summed E-state index contributed by atoms with van der Waals surface area (Å²) in [6, 6.07) is 11.8. The molecular formula is C16H12Br2ClNOS. The predicted molar refractivity (Wildman–Crippen MR) is 101 cm³/mol. The summed E-state index contributed by atoms with van der Waals surface area (Å²) in [4.78, 5) is 4.50. The molecule has 0 spiro atoms. The smallest absolute Gasteiger partial charge is 0.148 e. The second-order valence-corrected chi connectivity index (χ2v) is 7.95. The van der Waals surface area contributed by atoms with Crippen LogP contribution in [0.2, 0.25) is 5.02 Å². The fourth-order valence-corrected chi connectivity index (χ4v) is 4.58. The van der Waals surface area contributed by atoms with Gasteiger partial charge in [-0.2, -0.15) is 0 Å². The molecular weight excluding hydrogens is 450 g/mol. The molecule has 6 heteroatoms. The van der Waals surface area contributed by atoms with E-state index in [2.05, 4.69) is 49.0 Å². The number of aliphatic imine (C=N–C) groups is 1. The molecule has 0 saturated carbocycles. The molecule has 0 saturated heterocycles. The average Bonchev–Trinajstić information content (AvgIpc) is 3.00. The fourth-order valence-electron chi connectivity index (χ4n) is 2.11. The zero-order valence-corrected chi connectivity index (χ0v) is 16.2. The lowest BCUT2D eigenvalue weighted by Gasteiger charge is -2.12. The van der Waals surface area contributed by atoms with Crippen LogP contribution in [0.5, 0.6) is 5.75 Å². The molecule has 1 aliphatic rings. The molecule has 2 aromatic rings. The normalized spacial score (nSPS) is 14.0. The number of hydrogen-bond donors (Lipinski definition) is 0. The van der Waals surface area contributed by atoms with Crippen LogP contribution >= 0.6 is 55.2 Å². The van der Waals surface area contributed by atoms with Crippen molar-refractivity contribution in [3.63, 3.8) is 0 Å². The minimum absolute atomic E-state index is 0.465. The molecule has 2 nitrogen and oxygen atoms in total. The molecule has 0 unspecified atom stereocenters. The van der Waals surface area contributed by atoms with Gasteiger partial charge in [-0.3, -0.25) is 4.99 Å². The molecule has 3 rings (SSSR count). The number of halogens is 3. The quantitative estimate of drug-likeness (QED) is 0.562. The first-order valence-electron chi connectivity index (χ1n) is 6.67. The molecule has 0 N–H and O–H groups in total. The number of nitrogens with zero attached hydrogens (tertiary/aromatic N) is 1. The SMILES string of the molecule is Clc1cccc(COc2c(Br)cc(C3=NCCS3)cc2Br)c1. The van der Waals surface area contributed by atoms with Gasteiger partial charge in [0.15, 0.2) is 0 Å². The molecule has 0 bridgehead atoms. The summed E-state index contributed by atoms with van der Waals surface area (Å²) < 4.78 is 7.75. The summed E-state index contributed by atoms with van der Waals surface area (Å²) in [5.41, 5.74) is 2.14. The van der Waals surface area contributed by atoms with Crippen LogP contribution in [-0.4, -0.2) is 17.3 Å². The van der Waals surface area contributed by atoms with Crippen LogP contribution in [0.3, 0.4) is 0 Å². The topological polar surface area (TPSA) is 21.6 Å². The summed E-state index contributed by atoms with van der Waals surface area (Å²) in [6.07, 6.45) is 0. The van der Waals surface area contributed by atoms with Gasteiger partial charge in [0.2, 0.25) is 0 Å². The van der Waals surface area contributed by atoms with E-state index in [1.54, 1.807) is 11.8 Å². The number of ether oxygens (including phenoxy) is 1. The molecule has 2 aromatic carbocycles. The summed E-state index contributed by atoms with van der Waals surface area (Å²) in [5, 5.41) is 1.80.